The number of hydrogen-bond acceptors (Lipinski definition) is 6. The summed E-state index contributed by atoms with van der Waals surface area (Å²) in [5, 5.41) is 3.36. The molecule has 6 heteroatoms. The molecule has 3 heterocycles. The highest BCUT2D eigenvalue weighted by atomic mass is 16.5. The van der Waals surface area contributed by atoms with Crippen LogP contribution in [0.3, 0.4) is 0 Å². The van der Waals surface area contributed by atoms with Gasteiger partial charge in [0, 0.05) is 36.6 Å². The molecule has 0 bridgehead atoms. The number of nitrogens with zero attached hydrogens (tertiary/aromatic N) is 3. The number of nitrogens with one attached hydrogen (secondary N) is 1. The Bertz CT molecular complexity index is 772. The lowest BCUT2D eigenvalue weighted by Crippen LogP contribution is -2.14. The Labute approximate surface area is 153 Å². The summed E-state index contributed by atoms with van der Waals surface area (Å²) in [4.78, 5) is 24.7. The molecule has 1 aliphatic heterocycles. The first kappa shape index (κ1) is 18.0. The summed E-state index contributed by atoms with van der Waals surface area (Å²) in [6, 6.07) is 4.60. The molecular formula is C20H24N4O2. The largest absolute Gasteiger partial charge is 0.467 e. The number of allylic oxidation sites excluding steroid dienone is 1. The third-order valence-electron chi connectivity index (χ3n) is 4.35. The van der Waals surface area contributed by atoms with Gasteiger partial charge >= 0.3 is 6.01 Å². The summed E-state index contributed by atoms with van der Waals surface area (Å²) in [5.41, 5.74) is 3.18. The molecule has 0 spiro atoms. The molecule has 0 radical (unpaired) electrons. The minimum atomic E-state index is 0.112. The minimum absolute atomic E-state index is 0.112. The first-order chi connectivity index (χ1) is 12.7. The smallest absolute Gasteiger partial charge is 0.316 e. The van der Waals surface area contributed by atoms with Crippen molar-refractivity contribution in [3.05, 3.63) is 47.4 Å². The number of methoxy groups -OCH3 is 1. The predicted molar refractivity (Wildman–Crippen MR) is 101 cm³/mol. The van der Waals surface area contributed by atoms with Crippen LogP contribution in [-0.2, 0) is 17.6 Å². The molecule has 6 nitrogen and oxygen atoms in total. The molecule has 0 aliphatic carbocycles. The summed E-state index contributed by atoms with van der Waals surface area (Å²) in [5.74, 6) is 1.15. The Morgan fingerprint density at radius 3 is 2.92 bits per heavy atom. The topological polar surface area (TPSA) is 77.0 Å². The monoisotopic (exact) mass is 352 g/mol. The maximum Gasteiger partial charge on any atom is 0.316 e. The van der Waals surface area contributed by atoms with E-state index in [9.17, 15) is 4.79 Å². The van der Waals surface area contributed by atoms with Crippen molar-refractivity contribution in [2.45, 2.75) is 38.5 Å². The van der Waals surface area contributed by atoms with Gasteiger partial charge in [0.05, 0.1) is 7.11 Å². The second-order valence-electron chi connectivity index (χ2n) is 6.35. The van der Waals surface area contributed by atoms with Gasteiger partial charge in [0.25, 0.3) is 0 Å². The third-order valence-corrected chi connectivity index (χ3v) is 4.35. The molecule has 0 unspecified atom stereocenters. The van der Waals surface area contributed by atoms with Crippen molar-refractivity contribution in [3.63, 3.8) is 0 Å². The Morgan fingerprint density at radius 1 is 1.27 bits per heavy atom. The Kier molecular flexibility index (Phi) is 6.30. The summed E-state index contributed by atoms with van der Waals surface area (Å²) in [7, 11) is 1.52. The first-order valence-electron chi connectivity index (χ1n) is 9.04. The fraction of sp³-hybridized carbons (Fsp3) is 0.400. The van der Waals surface area contributed by atoms with Gasteiger partial charge in [0.15, 0.2) is 5.78 Å². The minimum Gasteiger partial charge on any atom is -0.467 e. The van der Waals surface area contributed by atoms with Gasteiger partial charge in [-0.25, -0.2) is 15.0 Å². The molecule has 0 fully saturated rings. The van der Waals surface area contributed by atoms with Crippen LogP contribution in [0.1, 0.15) is 42.5 Å². The summed E-state index contributed by atoms with van der Waals surface area (Å²) >= 11 is 0. The number of unbranched alkanes of at least 4 members (excludes halogenated alkanes) is 1. The van der Waals surface area contributed by atoms with Crippen molar-refractivity contribution >= 4 is 17.7 Å². The van der Waals surface area contributed by atoms with Crippen LogP contribution in [0.4, 0.5) is 5.82 Å². The molecule has 136 valence electrons. The number of rotatable bonds is 8. The number of aromatic nitrogens is 3. The number of ether oxygens (including phenoxy) is 1. The van der Waals surface area contributed by atoms with Gasteiger partial charge < -0.3 is 10.1 Å². The van der Waals surface area contributed by atoms with E-state index >= 15 is 0 Å². The van der Waals surface area contributed by atoms with Gasteiger partial charge in [0.1, 0.15) is 5.82 Å². The van der Waals surface area contributed by atoms with Crippen LogP contribution < -0.4 is 10.1 Å². The van der Waals surface area contributed by atoms with E-state index in [1.54, 1.807) is 24.5 Å². The molecule has 0 atom stereocenters. The number of aryl methyl sites for hydroxylation is 2. The van der Waals surface area contributed by atoms with E-state index in [0.717, 1.165) is 49.3 Å². The second kappa shape index (κ2) is 9.08. The number of pyridine rings is 1. The molecule has 26 heavy (non-hydrogen) atoms. The van der Waals surface area contributed by atoms with Crippen LogP contribution >= 0.6 is 0 Å². The number of carbonyl (C=O) groups excluding carboxylic acids is 1. The van der Waals surface area contributed by atoms with Crippen molar-refractivity contribution in [1.29, 1.82) is 0 Å². The SMILES string of the molecule is COc1ncc(/C=C/C(=O)CCCCc2ccc3c(n2)NCCC3)cn1. The van der Waals surface area contributed by atoms with E-state index in [1.807, 2.05) is 0 Å². The molecule has 0 aromatic carbocycles. The Balaban J connectivity index is 1.40. The highest BCUT2D eigenvalue weighted by Gasteiger charge is 2.10. The molecule has 0 saturated heterocycles. The number of ketones is 1. The zero-order valence-corrected chi connectivity index (χ0v) is 15.1. The third kappa shape index (κ3) is 5.12. The standard InChI is InChI=1S/C20H24N4O2/c1-26-20-22-13-15(14-23-20)8-11-18(25)7-3-2-6-17-10-9-16-5-4-12-21-19(16)24-17/h8-11,13-14H,2-7,12H2,1H3,(H,21,24)/b11-8+. The summed E-state index contributed by atoms with van der Waals surface area (Å²) in [6.07, 6.45) is 12.1. The van der Waals surface area contributed by atoms with Gasteiger partial charge in [-0.1, -0.05) is 6.07 Å². The Morgan fingerprint density at radius 2 is 2.12 bits per heavy atom. The normalized spacial score (nSPS) is 13.3. The van der Waals surface area contributed by atoms with Crippen LogP contribution in [0, 0.1) is 0 Å². The predicted octanol–water partition coefficient (Wildman–Crippen LogP) is 3.23. The average Bonchev–Trinajstić information content (AvgIpc) is 2.70. The van der Waals surface area contributed by atoms with Crippen molar-refractivity contribution in [2.24, 2.45) is 0 Å². The zero-order chi connectivity index (χ0) is 18.2. The van der Waals surface area contributed by atoms with Crippen LogP contribution in [0.15, 0.2) is 30.6 Å². The average molecular weight is 352 g/mol. The quantitative estimate of drug-likeness (QED) is 0.580. The maximum absolute atomic E-state index is 12.0. The highest BCUT2D eigenvalue weighted by Crippen LogP contribution is 2.20. The number of anilines is 1. The lowest BCUT2D eigenvalue weighted by molar-refractivity contribution is -0.114. The van der Waals surface area contributed by atoms with E-state index in [-0.39, 0.29) is 5.78 Å². The zero-order valence-electron chi connectivity index (χ0n) is 15.1. The van der Waals surface area contributed by atoms with Crippen molar-refractivity contribution in [2.75, 3.05) is 19.0 Å². The Hall–Kier alpha value is -2.76. The van der Waals surface area contributed by atoms with E-state index in [2.05, 4.69) is 32.4 Å². The summed E-state index contributed by atoms with van der Waals surface area (Å²) in [6.45, 7) is 1.00. The molecule has 1 aliphatic rings. The van der Waals surface area contributed by atoms with Gasteiger partial charge in [-0.2, -0.15) is 0 Å². The number of carbonyl (C=O) groups is 1. The van der Waals surface area contributed by atoms with Crippen LogP contribution in [0.2, 0.25) is 0 Å². The van der Waals surface area contributed by atoms with Gasteiger partial charge in [-0.3, -0.25) is 4.79 Å². The molecule has 0 amide bonds. The maximum atomic E-state index is 12.0. The van der Waals surface area contributed by atoms with Crippen LogP contribution in [0.25, 0.3) is 6.08 Å². The van der Waals surface area contributed by atoms with Crippen molar-refractivity contribution < 1.29 is 9.53 Å². The van der Waals surface area contributed by atoms with E-state index in [4.69, 9.17) is 4.74 Å². The lowest BCUT2D eigenvalue weighted by Gasteiger charge is -2.17. The van der Waals surface area contributed by atoms with Crippen LogP contribution in [-0.4, -0.2) is 34.4 Å². The van der Waals surface area contributed by atoms with E-state index in [0.29, 0.717) is 12.4 Å². The summed E-state index contributed by atoms with van der Waals surface area (Å²) < 4.78 is 4.91. The highest BCUT2D eigenvalue weighted by molar-refractivity contribution is 5.93. The molecular weight excluding hydrogens is 328 g/mol. The van der Waals surface area contributed by atoms with Gasteiger partial charge in [-0.15, -0.1) is 0 Å². The molecule has 2 aromatic heterocycles. The first-order valence-corrected chi connectivity index (χ1v) is 9.04. The fourth-order valence-corrected chi connectivity index (χ4v) is 2.90. The fourth-order valence-electron chi connectivity index (χ4n) is 2.90. The number of fused-ring (bicyclic) bond motifs is 1. The second-order valence-corrected chi connectivity index (χ2v) is 6.35. The van der Waals surface area contributed by atoms with E-state index < -0.39 is 0 Å². The van der Waals surface area contributed by atoms with Gasteiger partial charge in [-0.05, 0) is 55.9 Å². The van der Waals surface area contributed by atoms with Crippen molar-refractivity contribution in [3.8, 4) is 6.01 Å². The number of hydrogen-bond donors (Lipinski definition) is 1. The molecule has 1 N–H and O–H groups in total. The molecule has 3 rings (SSSR count). The van der Waals surface area contributed by atoms with E-state index in [1.165, 1.54) is 19.1 Å². The lowest BCUT2D eigenvalue weighted by atomic mass is 10.0. The van der Waals surface area contributed by atoms with Crippen molar-refractivity contribution in [1.82, 2.24) is 15.0 Å². The molecule has 2 aromatic rings. The molecule has 0 saturated carbocycles. The van der Waals surface area contributed by atoms with Gasteiger partial charge in [0.2, 0.25) is 0 Å². The van der Waals surface area contributed by atoms with Crippen LogP contribution in [0.5, 0.6) is 6.01 Å².